The molecule has 1 N–H and O–H groups in total. The van der Waals surface area contributed by atoms with E-state index in [1.54, 1.807) is 0 Å². The van der Waals surface area contributed by atoms with Crippen LogP contribution >= 0.6 is 0 Å². The maximum Gasteiger partial charge on any atom is 0.0682 e. The number of rotatable bonds is 8. The first-order valence-electron chi connectivity index (χ1n) is 6.31. The zero-order chi connectivity index (χ0) is 11.7. The van der Waals surface area contributed by atoms with Crippen LogP contribution in [0.2, 0.25) is 19.6 Å². The van der Waals surface area contributed by atoms with Crippen LogP contribution in [0.1, 0.15) is 45.4 Å². The van der Waals surface area contributed by atoms with Crippen molar-refractivity contribution in [2.24, 2.45) is 0 Å². The van der Waals surface area contributed by atoms with Crippen molar-refractivity contribution in [3.05, 3.63) is 11.8 Å². The second-order valence-electron chi connectivity index (χ2n) is 5.51. The maximum atomic E-state index is 9.71. The lowest BCUT2D eigenvalue weighted by Crippen LogP contribution is -2.16. The van der Waals surface area contributed by atoms with Gasteiger partial charge in [0.15, 0.2) is 0 Å². The molecule has 0 aromatic heterocycles. The predicted molar refractivity (Wildman–Crippen MR) is 71.9 cm³/mol. The fourth-order valence-corrected chi connectivity index (χ4v) is 2.35. The largest absolute Gasteiger partial charge is 0.393 e. The number of unbranched alkanes of at least 4 members (excludes halogenated alkanes) is 3. The second kappa shape index (κ2) is 8.11. The van der Waals surface area contributed by atoms with Gasteiger partial charge in [0.2, 0.25) is 0 Å². The molecule has 0 bridgehead atoms. The summed E-state index contributed by atoms with van der Waals surface area (Å²) in [5.74, 6) is 0. The fraction of sp³-hybridized carbons (Fsp3) is 0.846. The number of hydrogen-bond acceptors (Lipinski definition) is 1. The molecule has 0 spiro atoms. The lowest BCUT2D eigenvalue weighted by Gasteiger charge is -2.10. The van der Waals surface area contributed by atoms with Crippen molar-refractivity contribution in [2.45, 2.75) is 71.2 Å². The maximum absolute atomic E-state index is 9.71. The zero-order valence-electron chi connectivity index (χ0n) is 10.9. The molecule has 0 aliphatic heterocycles. The molecule has 0 saturated carbocycles. The van der Waals surface area contributed by atoms with Gasteiger partial charge in [-0.3, -0.25) is 0 Å². The molecule has 1 nitrogen and oxygen atoms in total. The summed E-state index contributed by atoms with van der Waals surface area (Å²) in [5, 5.41) is 9.71. The standard InChI is InChI=1S/C13H28OSi/c1-5-6-7-8-10-13(14)11-9-12-15(2,3)4/h9,12-14H,5-8,10-11H2,1-4H3/t13-/m0/s1. The Morgan fingerprint density at radius 2 is 1.80 bits per heavy atom. The summed E-state index contributed by atoms with van der Waals surface area (Å²) in [6, 6.07) is 0. The molecule has 0 aromatic rings. The van der Waals surface area contributed by atoms with Crippen molar-refractivity contribution in [2.75, 3.05) is 0 Å². The van der Waals surface area contributed by atoms with Crippen LogP contribution in [-0.4, -0.2) is 19.3 Å². The van der Waals surface area contributed by atoms with Crippen LogP contribution in [0.15, 0.2) is 11.8 Å². The van der Waals surface area contributed by atoms with Crippen LogP contribution in [0.4, 0.5) is 0 Å². The Labute approximate surface area is 96.6 Å². The Morgan fingerprint density at radius 3 is 2.33 bits per heavy atom. The van der Waals surface area contributed by atoms with E-state index in [9.17, 15) is 5.11 Å². The third-order valence-electron chi connectivity index (χ3n) is 2.42. The Kier molecular flexibility index (Phi) is 8.07. The van der Waals surface area contributed by atoms with Gasteiger partial charge in [0.1, 0.15) is 0 Å². The number of aliphatic hydroxyl groups is 1. The monoisotopic (exact) mass is 228 g/mol. The SMILES string of the molecule is CCCCCC[C@H](O)CC=C[Si](C)(C)C. The molecule has 1 atom stereocenters. The highest BCUT2D eigenvalue weighted by Crippen LogP contribution is 2.09. The van der Waals surface area contributed by atoms with Crippen molar-refractivity contribution < 1.29 is 5.11 Å². The fourth-order valence-electron chi connectivity index (χ4n) is 1.50. The van der Waals surface area contributed by atoms with Crippen LogP contribution in [0.3, 0.4) is 0 Å². The Balaban J connectivity index is 3.49. The van der Waals surface area contributed by atoms with E-state index in [4.69, 9.17) is 0 Å². The smallest absolute Gasteiger partial charge is 0.0682 e. The topological polar surface area (TPSA) is 20.2 Å². The van der Waals surface area contributed by atoms with Crippen molar-refractivity contribution >= 4 is 8.07 Å². The van der Waals surface area contributed by atoms with Gasteiger partial charge < -0.3 is 5.11 Å². The minimum Gasteiger partial charge on any atom is -0.393 e. The van der Waals surface area contributed by atoms with Crippen molar-refractivity contribution in [1.29, 1.82) is 0 Å². The van der Waals surface area contributed by atoms with E-state index in [1.807, 2.05) is 0 Å². The summed E-state index contributed by atoms with van der Waals surface area (Å²) in [6.07, 6.45) is 8.89. The molecule has 0 aliphatic carbocycles. The molecular formula is C13H28OSi. The summed E-state index contributed by atoms with van der Waals surface area (Å²) in [6.45, 7) is 9.17. The summed E-state index contributed by atoms with van der Waals surface area (Å²) >= 11 is 0. The van der Waals surface area contributed by atoms with Gasteiger partial charge in [-0.1, -0.05) is 64.0 Å². The molecule has 90 valence electrons. The van der Waals surface area contributed by atoms with Gasteiger partial charge in [-0.15, -0.1) is 0 Å². The van der Waals surface area contributed by atoms with E-state index >= 15 is 0 Å². The first kappa shape index (κ1) is 14.9. The molecule has 0 unspecified atom stereocenters. The average molecular weight is 228 g/mol. The third-order valence-corrected chi connectivity index (χ3v) is 3.65. The van der Waals surface area contributed by atoms with Gasteiger partial charge in [0.05, 0.1) is 14.2 Å². The van der Waals surface area contributed by atoms with Gasteiger partial charge in [0.25, 0.3) is 0 Å². The minimum atomic E-state index is -1.06. The van der Waals surface area contributed by atoms with Gasteiger partial charge in [-0.05, 0) is 12.8 Å². The highest BCUT2D eigenvalue weighted by Gasteiger charge is 2.07. The number of aliphatic hydroxyl groups excluding tert-OH is 1. The minimum absolute atomic E-state index is 0.116. The summed E-state index contributed by atoms with van der Waals surface area (Å²) in [5.41, 5.74) is 2.32. The van der Waals surface area contributed by atoms with Crippen LogP contribution in [-0.2, 0) is 0 Å². The molecular weight excluding hydrogens is 200 g/mol. The van der Waals surface area contributed by atoms with Crippen molar-refractivity contribution in [1.82, 2.24) is 0 Å². The van der Waals surface area contributed by atoms with Crippen LogP contribution < -0.4 is 0 Å². The zero-order valence-corrected chi connectivity index (χ0v) is 11.9. The van der Waals surface area contributed by atoms with E-state index in [0.29, 0.717) is 0 Å². The molecule has 0 heterocycles. The molecule has 0 aromatic carbocycles. The first-order chi connectivity index (χ1) is 6.95. The lowest BCUT2D eigenvalue weighted by molar-refractivity contribution is 0.164. The summed E-state index contributed by atoms with van der Waals surface area (Å²) < 4.78 is 0. The quantitative estimate of drug-likeness (QED) is 0.489. The molecule has 15 heavy (non-hydrogen) atoms. The van der Waals surface area contributed by atoms with E-state index in [-0.39, 0.29) is 6.10 Å². The molecule has 0 aliphatic rings. The van der Waals surface area contributed by atoms with Gasteiger partial charge in [0, 0.05) is 0 Å². The van der Waals surface area contributed by atoms with Crippen LogP contribution in [0.25, 0.3) is 0 Å². The lowest BCUT2D eigenvalue weighted by atomic mass is 10.1. The first-order valence-corrected chi connectivity index (χ1v) is 9.89. The predicted octanol–water partition coefficient (Wildman–Crippen LogP) is 4.14. The average Bonchev–Trinajstić information content (AvgIpc) is 2.10. The Hall–Kier alpha value is -0.0831. The summed E-state index contributed by atoms with van der Waals surface area (Å²) in [4.78, 5) is 0. The molecule has 0 rings (SSSR count). The normalized spacial score (nSPS) is 14.7. The highest BCUT2D eigenvalue weighted by molar-refractivity contribution is 6.80. The van der Waals surface area contributed by atoms with E-state index in [2.05, 4.69) is 38.3 Å². The van der Waals surface area contributed by atoms with Gasteiger partial charge in [-0.2, -0.15) is 0 Å². The molecule has 0 radical (unpaired) electrons. The number of hydrogen-bond donors (Lipinski definition) is 1. The van der Waals surface area contributed by atoms with Crippen molar-refractivity contribution in [3.63, 3.8) is 0 Å². The Morgan fingerprint density at radius 1 is 1.13 bits per heavy atom. The van der Waals surface area contributed by atoms with Gasteiger partial charge in [-0.25, -0.2) is 0 Å². The van der Waals surface area contributed by atoms with Gasteiger partial charge >= 0.3 is 0 Å². The van der Waals surface area contributed by atoms with Crippen LogP contribution in [0.5, 0.6) is 0 Å². The molecule has 0 amide bonds. The van der Waals surface area contributed by atoms with E-state index in [0.717, 1.165) is 12.8 Å². The van der Waals surface area contributed by atoms with Crippen molar-refractivity contribution in [3.8, 4) is 0 Å². The van der Waals surface area contributed by atoms with Crippen LogP contribution in [0, 0.1) is 0 Å². The molecule has 0 fully saturated rings. The highest BCUT2D eigenvalue weighted by atomic mass is 28.3. The Bertz CT molecular complexity index is 170. The van der Waals surface area contributed by atoms with E-state index in [1.165, 1.54) is 25.7 Å². The molecule has 2 heteroatoms. The second-order valence-corrected chi connectivity index (χ2v) is 10.6. The summed E-state index contributed by atoms with van der Waals surface area (Å²) in [7, 11) is -1.06. The molecule has 0 saturated heterocycles. The van der Waals surface area contributed by atoms with E-state index < -0.39 is 8.07 Å². The third kappa shape index (κ3) is 11.8.